The molecule has 1 aromatic heterocycles. The quantitative estimate of drug-likeness (QED) is 0.0354. The third kappa shape index (κ3) is 40.8. The van der Waals surface area contributed by atoms with Gasteiger partial charge in [0.2, 0.25) is 11.8 Å². The number of esters is 2. The lowest BCUT2D eigenvalue weighted by atomic mass is 10.1. The lowest BCUT2D eigenvalue weighted by Gasteiger charge is -2.09. The third-order valence-electron chi connectivity index (χ3n) is 9.77. The zero-order chi connectivity index (χ0) is 61.4. The molecular weight excluding hydrogens is 1090 g/mol. The van der Waals surface area contributed by atoms with E-state index in [1.807, 2.05) is 0 Å². The Bertz CT molecular complexity index is 2050. The molecule has 0 bridgehead atoms. The van der Waals surface area contributed by atoms with E-state index in [4.69, 9.17) is 75.3 Å². The van der Waals surface area contributed by atoms with Gasteiger partial charge < -0.3 is 112 Å². The summed E-state index contributed by atoms with van der Waals surface area (Å²) in [5.41, 5.74) is 41.7. The number of ether oxygens (including phenoxy) is 1. The van der Waals surface area contributed by atoms with Crippen molar-refractivity contribution >= 4 is 90.8 Å². The van der Waals surface area contributed by atoms with Crippen LogP contribution in [0.15, 0.2) is 36.8 Å². The van der Waals surface area contributed by atoms with Gasteiger partial charge in [-0.1, -0.05) is 12.1 Å². The van der Waals surface area contributed by atoms with Crippen molar-refractivity contribution in [3.05, 3.63) is 48.0 Å². The maximum absolute atomic E-state index is 10.9. The molecule has 9 atom stereocenters. The van der Waals surface area contributed by atoms with Crippen LogP contribution in [-0.2, 0) is 70.3 Å². The number of carbonyl (C=O) groups excluding carboxylic acids is 4. The predicted molar refractivity (Wildman–Crippen MR) is 285 cm³/mol. The minimum Gasteiger partial charge on any atom is -0.508 e. The minimum absolute atomic E-state index is 0.113. The molecule has 2 amide bonds. The van der Waals surface area contributed by atoms with E-state index in [0.29, 0.717) is 0 Å². The molecule has 5 rings (SSSR count). The molecule has 3 aliphatic heterocycles. The normalized spacial score (nSPS) is 17.7. The van der Waals surface area contributed by atoms with E-state index in [2.05, 4.69) is 67.4 Å². The van der Waals surface area contributed by atoms with Gasteiger partial charge in [0, 0.05) is 29.8 Å². The molecule has 35 heteroatoms. The van der Waals surface area contributed by atoms with Crippen LogP contribution >= 0.6 is 25.3 Å². The maximum Gasteiger partial charge on any atom is 0.331 e. The Morgan fingerprint density at radius 1 is 0.532 bits per heavy atom. The summed E-state index contributed by atoms with van der Waals surface area (Å²) in [5, 5.41) is 75.7. The second-order valence-electron chi connectivity index (χ2n) is 16.6. The molecule has 0 spiro atoms. The van der Waals surface area contributed by atoms with Gasteiger partial charge in [0.1, 0.15) is 60.1 Å². The first-order chi connectivity index (χ1) is 36.8. The van der Waals surface area contributed by atoms with Crippen LogP contribution in [0.4, 0.5) is 0 Å². The van der Waals surface area contributed by atoms with Crippen LogP contribution in [0.3, 0.4) is 0 Å². The number of primary amides is 2. The molecular formula is C44H75N13O20S2. The zero-order valence-corrected chi connectivity index (χ0v) is 44.5. The Morgan fingerprint density at radius 2 is 0.861 bits per heavy atom. The predicted octanol–water partition coefficient (Wildman–Crippen LogP) is -5.70. The number of hydrogen-bond donors (Lipinski definition) is 22. The molecule has 33 nitrogen and oxygen atoms in total. The van der Waals surface area contributed by atoms with Crippen molar-refractivity contribution in [1.82, 2.24) is 25.9 Å². The number of rotatable bonds is 19. The fourth-order valence-corrected chi connectivity index (χ4v) is 5.69. The number of carboxylic acids is 7. The Kier molecular flexibility index (Phi) is 42.3. The lowest BCUT2D eigenvalue weighted by molar-refractivity contribution is -0.161. The Morgan fingerprint density at radius 3 is 1.08 bits per heavy atom. The van der Waals surface area contributed by atoms with E-state index < -0.39 is 102 Å². The number of aromatic nitrogens is 2. The summed E-state index contributed by atoms with van der Waals surface area (Å²) >= 11 is 7.54. The number of H-pyrrole nitrogens is 1. The van der Waals surface area contributed by atoms with Crippen molar-refractivity contribution in [2.75, 3.05) is 31.1 Å². The smallest absolute Gasteiger partial charge is 0.331 e. The number of nitrogens with two attached hydrogens (primary N) is 8. The van der Waals surface area contributed by atoms with E-state index in [-0.39, 0.29) is 61.1 Å². The number of nitrogens with one attached hydrogen (secondary N) is 4. The molecule has 3 fully saturated rings. The number of carboxylic acid groups (broad SMARTS) is 7. The molecule has 1 aromatic carbocycles. The van der Waals surface area contributed by atoms with Crippen molar-refractivity contribution in [1.29, 1.82) is 0 Å². The number of imidazole rings is 1. The van der Waals surface area contributed by atoms with E-state index >= 15 is 0 Å². The van der Waals surface area contributed by atoms with E-state index in [1.54, 1.807) is 18.3 Å². The van der Waals surface area contributed by atoms with E-state index in [1.165, 1.54) is 18.5 Å². The highest BCUT2D eigenvalue weighted by atomic mass is 32.1. The molecule has 0 aliphatic carbocycles. The number of benzene rings is 1. The molecule has 0 unspecified atom stereocenters. The highest BCUT2D eigenvalue weighted by molar-refractivity contribution is 7.80. The third-order valence-corrected chi connectivity index (χ3v) is 10.6. The number of hydrogen-bond acceptors (Lipinski definition) is 25. The number of phenolic OH excluding ortho intramolecular Hbond substituents is 1. The van der Waals surface area contributed by atoms with Gasteiger partial charge in [-0.3, -0.25) is 43.2 Å². The highest BCUT2D eigenvalue weighted by Gasteiger charge is 2.23. The summed E-state index contributed by atoms with van der Waals surface area (Å²) in [6, 6.07) is -0.367. The molecule has 79 heavy (non-hydrogen) atoms. The number of aliphatic carboxylic acids is 7. The lowest BCUT2D eigenvalue weighted by Crippen LogP contribution is -2.41. The average Bonchev–Trinajstić information content (AvgIpc) is 4.25. The molecule has 448 valence electrons. The molecule has 3 aliphatic rings. The van der Waals surface area contributed by atoms with E-state index in [0.717, 1.165) is 69.4 Å². The number of nitrogens with zero attached hydrogens (tertiary/aromatic N) is 1. The largest absolute Gasteiger partial charge is 0.508 e. The fraction of sp³-hybridized carbons (Fsp3) is 0.545. The van der Waals surface area contributed by atoms with Gasteiger partial charge in [-0.05, 0) is 82.3 Å². The van der Waals surface area contributed by atoms with Gasteiger partial charge >= 0.3 is 53.7 Å². The van der Waals surface area contributed by atoms with Gasteiger partial charge in [0.05, 0.1) is 19.2 Å². The second kappa shape index (κ2) is 43.9. The average molecular weight is 1170 g/mol. The Labute approximate surface area is 463 Å². The summed E-state index contributed by atoms with van der Waals surface area (Å²) in [6.07, 6.45) is 8.34. The number of aromatic hydroxyl groups is 1. The van der Waals surface area contributed by atoms with Crippen LogP contribution in [0, 0.1) is 0 Å². The van der Waals surface area contributed by atoms with Crippen LogP contribution in [0.2, 0.25) is 0 Å². The minimum atomic E-state index is -1.21. The number of phenols is 1. The summed E-state index contributed by atoms with van der Waals surface area (Å²) in [5.74, 6) is -9.27. The molecule has 28 N–H and O–H groups in total. The molecule has 4 heterocycles. The first kappa shape index (κ1) is 76.2. The first-order valence-corrected chi connectivity index (χ1v) is 24.7. The Balaban J connectivity index is -0.000000841. The molecule has 0 radical (unpaired) electrons. The maximum atomic E-state index is 10.9. The second-order valence-corrected chi connectivity index (χ2v) is 17.3. The number of amides is 2. The monoisotopic (exact) mass is 1170 g/mol. The van der Waals surface area contributed by atoms with Crippen LogP contribution in [0.25, 0.3) is 0 Å². The van der Waals surface area contributed by atoms with Crippen molar-refractivity contribution in [3.63, 3.8) is 0 Å². The number of aromatic amines is 1. The summed E-state index contributed by atoms with van der Waals surface area (Å²) < 4.78 is 4.33. The van der Waals surface area contributed by atoms with E-state index in [9.17, 15) is 52.7 Å². The summed E-state index contributed by atoms with van der Waals surface area (Å²) in [4.78, 5) is 119. The van der Waals surface area contributed by atoms with Crippen LogP contribution < -0.4 is 61.8 Å². The van der Waals surface area contributed by atoms with Crippen molar-refractivity contribution in [2.45, 2.75) is 119 Å². The molecule has 2 aromatic rings. The number of thiol groups is 2. The van der Waals surface area contributed by atoms with Crippen LogP contribution in [-0.4, -0.2) is 202 Å². The van der Waals surface area contributed by atoms with Crippen LogP contribution in [0.1, 0.15) is 62.6 Å². The molecule has 3 saturated heterocycles. The molecule has 0 saturated carbocycles. The van der Waals surface area contributed by atoms with Gasteiger partial charge in [0.15, 0.2) is 0 Å². The van der Waals surface area contributed by atoms with Crippen molar-refractivity contribution in [3.8, 4) is 5.75 Å². The standard InChI is InChI=1S/C9H11NO3.C6H9N3O2.C6H12N2O3S2.3C5H9NO2.2C4H8N2O3/c10-8(9(12)13)5-6-1-3-7(11)4-2-6;7-5(6(10)11)1-4-2-8-3-9-4;7-3(1-12)5(9)11-6(10)4(8)2-13;3*7-5(8)4-2-1-3-6-4;2*5-2(4(8)9)1-3(6)7/h1-4,8,11H,5,10H2,(H,12,13);2-3,5H,1,7H2,(H,8,9)(H,10,11);3-4,12-13H,1-2,7-8H2;3*4,6H,1-3H2,(H,7,8);2*2H,1,5H2,(H2,6,7)(H,8,9)/t8-;5-;3-,4-;3*4-;2*2-/m00000000/s1. The van der Waals surface area contributed by atoms with Crippen LogP contribution in [0.5, 0.6) is 5.75 Å². The van der Waals surface area contributed by atoms with Gasteiger partial charge in [-0.25, -0.2) is 14.6 Å². The number of carbonyl (C=O) groups is 11. The highest BCUT2D eigenvalue weighted by Crippen LogP contribution is 2.11. The zero-order valence-electron chi connectivity index (χ0n) is 42.7. The Hall–Kier alpha value is -7.06. The summed E-state index contributed by atoms with van der Waals surface area (Å²) in [6.45, 7) is 2.57. The van der Waals surface area contributed by atoms with Gasteiger partial charge in [-0.15, -0.1) is 0 Å². The topological polar surface area (TPSA) is 632 Å². The SMILES string of the molecule is NC(=O)C[C@H](N)C(=O)O.NC(=O)C[C@H](N)C(=O)O.N[C@@H](CS)C(=O)OC(=O)[C@@H](N)CS.N[C@@H](Cc1ccc(O)cc1)C(=O)O.N[C@@H](Cc1cnc[nH]1)C(=O)O.O=C(O)[C@@H]1CCCN1.O=C(O)[C@@H]1CCCN1.O=C(O)[C@@H]1CCCN1. The fourth-order valence-electron chi connectivity index (χ4n) is 5.39. The first-order valence-electron chi connectivity index (χ1n) is 23.4. The van der Waals surface area contributed by atoms with Gasteiger partial charge in [0.25, 0.3) is 0 Å². The van der Waals surface area contributed by atoms with Crippen molar-refractivity contribution < 1.29 is 98.3 Å². The van der Waals surface area contributed by atoms with Gasteiger partial charge in [-0.2, -0.15) is 25.3 Å². The van der Waals surface area contributed by atoms with Crippen molar-refractivity contribution in [2.24, 2.45) is 45.9 Å². The summed E-state index contributed by atoms with van der Waals surface area (Å²) in [7, 11) is 0.